The Morgan fingerprint density at radius 1 is 1.21 bits per heavy atom. The third-order valence-corrected chi connectivity index (χ3v) is 2.97. The lowest BCUT2D eigenvalue weighted by atomic mass is 10.1. The Morgan fingerprint density at radius 2 is 1.89 bits per heavy atom. The van der Waals surface area contributed by atoms with E-state index in [9.17, 15) is 9.18 Å². The van der Waals surface area contributed by atoms with E-state index in [4.69, 9.17) is 4.74 Å². The van der Waals surface area contributed by atoms with E-state index < -0.39 is 0 Å². The van der Waals surface area contributed by atoms with Gasteiger partial charge in [-0.05, 0) is 24.6 Å². The molecule has 0 fully saturated rings. The number of hydrogen-bond donors (Lipinski definition) is 0. The molecule has 2 aromatic rings. The molecule has 0 saturated carbocycles. The van der Waals surface area contributed by atoms with Crippen LogP contribution in [-0.4, -0.2) is 18.3 Å². The molecule has 0 spiro atoms. The summed E-state index contributed by atoms with van der Waals surface area (Å²) in [7, 11) is 1.64. The van der Waals surface area contributed by atoms with Crippen molar-refractivity contribution < 1.29 is 9.13 Å². The Morgan fingerprint density at radius 3 is 2.53 bits per heavy atom. The molecule has 0 aliphatic carbocycles. The Bertz CT molecular complexity index is 617. The van der Waals surface area contributed by atoms with Crippen molar-refractivity contribution in [3.63, 3.8) is 0 Å². The van der Waals surface area contributed by atoms with Crippen LogP contribution in [0.25, 0.3) is 11.1 Å². The molecule has 100 valence electrons. The molecule has 1 aromatic carbocycles. The van der Waals surface area contributed by atoms with Crippen LogP contribution in [0.5, 0.6) is 0 Å². The van der Waals surface area contributed by atoms with Crippen LogP contribution in [-0.2, 0) is 11.3 Å². The summed E-state index contributed by atoms with van der Waals surface area (Å²) in [5, 5.41) is 0. The lowest BCUT2D eigenvalue weighted by Crippen LogP contribution is -2.14. The number of hydrogen-bond acceptors (Lipinski definition) is 2. The maximum Gasteiger partial charge on any atom is 0.192 e. The molecular weight excluding hydrogens is 245 g/mol. The minimum atomic E-state index is -0.309. The summed E-state index contributed by atoms with van der Waals surface area (Å²) in [6.07, 6.45) is 3.58. The zero-order valence-corrected chi connectivity index (χ0v) is 11.0. The van der Waals surface area contributed by atoms with Crippen molar-refractivity contribution in [1.29, 1.82) is 0 Å². The van der Waals surface area contributed by atoms with Crippen LogP contribution in [0.1, 0.15) is 5.56 Å². The number of benzene rings is 1. The van der Waals surface area contributed by atoms with Gasteiger partial charge in [-0.3, -0.25) is 4.79 Å². The summed E-state index contributed by atoms with van der Waals surface area (Å²) in [4.78, 5) is 12.1. The number of aryl methyl sites for hydroxylation is 1. The van der Waals surface area contributed by atoms with Gasteiger partial charge in [0.2, 0.25) is 0 Å². The highest BCUT2D eigenvalue weighted by Crippen LogP contribution is 2.16. The highest BCUT2D eigenvalue weighted by atomic mass is 19.1. The smallest absolute Gasteiger partial charge is 0.192 e. The highest BCUT2D eigenvalue weighted by Gasteiger charge is 2.07. The molecule has 0 saturated heterocycles. The molecule has 1 aromatic heterocycles. The quantitative estimate of drug-likeness (QED) is 0.847. The molecule has 1 heterocycles. The van der Waals surface area contributed by atoms with Crippen LogP contribution in [0.2, 0.25) is 0 Å². The average Bonchev–Trinajstić information content (AvgIpc) is 2.41. The Kier molecular flexibility index (Phi) is 4.12. The molecule has 0 bridgehead atoms. The van der Waals surface area contributed by atoms with E-state index in [0.29, 0.717) is 24.3 Å². The monoisotopic (exact) mass is 261 g/mol. The van der Waals surface area contributed by atoms with Gasteiger partial charge in [-0.15, -0.1) is 0 Å². The predicted molar refractivity (Wildman–Crippen MR) is 72.7 cm³/mol. The first-order valence-corrected chi connectivity index (χ1v) is 6.07. The van der Waals surface area contributed by atoms with Crippen molar-refractivity contribution in [2.75, 3.05) is 13.7 Å². The second kappa shape index (κ2) is 5.80. The number of aromatic nitrogens is 1. The lowest BCUT2D eigenvalue weighted by Gasteiger charge is -2.10. The summed E-state index contributed by atoms with van der Waals surface area (Å²) in [6.45, 7) is 3.02. The van der Waals surface area contributed by atoms with Gasteiger partial charge in [0.1, 0.15) is 5.82 Å². The van der Waals surface area contributed by atoms with Gasteiger partial charge >= 0.3 is 0 Å². The average molecular weight is 261 g/mol. The van der Waals surface area contributed by atoms with Crippen LogP contribution >= 0.6 is 0 Å². The van der Waals surface area contributed by atoms with E-state index in [-0.39, 0.29) is 11.2 Å². The van der Waals surface area contributed by atoms with Crippen molar-refractivity contribution >= 4 is 0 Å². The largest absolute Gasteiger partial charge is 0.383 e. The fourth-order valence-corrected chi connectivity index (χ4v) is 1.94. The van der Waals surface area contributed by atoms with Gasteiger partial charge in [-0.2, -0.15) is 0 Å². The number of halogens is 1. The lowest BCUT2D eigenvalue weighted by molar-refractivity contribution is 0.187. The molecule has 3 nitrogen and oxygen atoms in total. The summed E-state index contributed by atoms with van der Waals surface area (Å²) in [6, 6.07) is 5.95. The second-order valence-electron chi connectivity index (χ2n) is 4.42. The molecular formula is C15H16FNO2. The minimum Gasteiger partial charge on any atom is -0.383 e. The number of methoxy groups -OCH3 is 1. The number of rotatable bonds is 4. The van der Waals surface area contributed by atoms with Gasteiger partial charge in [0.25, 0.3) is 0 Å². The molecule has 0 atom stereocenters. The van der Waals surface area contributed by atoms with Gasteiger partial charge in [0.15, 0.2) is 5.43 Å². The zero-order chi connectivity index (χ0) is 13.8. The second-order valence-corrected chi connectivity index (χ2v) is 4.42. The normalized spacial score (nSPS) is 10.7. The van der Waals surface area contributed by atoms with Crippen molar-refractivity contribution in [1.82, 2.24) is 4.57 Å². The topological polar surface area (TPSA) is 31.2 Å². The summed E-state index contributed by atoms with van der Waals surface area (Å²) >= 11 is 0. The molecule has 0 aliphatic rings. The van der Waals surface area contributed by atoms with Crippen LogP contribution in [0.4, 0.5) is 4.39 Å². The van der Waals surface area contributed by atoms with Crippen LogP contribution < -0.4 is 5.43 Å². The summed E-state index contributed by atoms with van der Waals surface area (Å²) < 4.78 is 19.9. The van der Waals surface area contributed by atoms with Crippen LogP contribution in [0.15, 0.2) is 41.5 Å². The minimum absolute atomic E-state index is 0.0275. The molecule has 0 radical (unpaired) electrons. The fraction of sp³-hybridized carbons (Fsp3) is 0.267. The van der Waals surface area contributed by atoms with E-state index in [1.807, 2.05) is 4.57 Å². The van der Waals surface area contributed by atoms with E-state index in [0.717, 1.165) is 5.56 Å². The molecule has 0 amide bonds. The van der Waals surface area contributed by atoms with Crippen molar-refractivity contribution in [2.24, 2.45) is 0 Å². The first-order valence-electron chi connectivity index (χ1n) is 6.07. The Labute approximate surface area is 111 Å². The maximum atomic E-state index is 12.9. The van der Waals surface area contributed by atoms with Gasteiger partial charge in [0, 0.05) is 37.2 Å². The highest BCUT2D eigenvalue weighted by molar-refractivity contribution is 5.62. The summed E-state index contributed by atoms with van der Waals surface area (Å²) in [5.74, 6) is -0.309. The SMILES string of the molecule is COCCn1cc(C)c(=O)c(-c2ccc(F)cc2)c1. The van der Waals surface area contributed by atoms with Crippen molar-refractivity contribution in [3.8, 4) is 11.1 Å². The maximum absolute atomic E-state index is 12.9. The number of pyridine rings is 1. The first-order chi connectivity index (χ1) is 9.11. The van der Waals surface area contributed by atoms with E-state index >= 15 is 0 Å². The Hall–Kier alpha value is -1.94. The van der Waals surface area contributed by atoms with E-state index in [1.54, 1.807) is 38.6 Å². The Balaban J connectivity index is 2.46. The standard InChI is InChI=1S/C15H16FNO2/c1-11-9-17(7-8-19-2)10-14(15(11)18)12-3-5-13(16)6-4-12/h3-6,9-10H,7-8H2,1-2H3. The molecule has 0 aliphatic heterocycles. The number of nitrogens with zero attached hydrogens (tertiary/aromatic N) is 1. The van der Waals surface area contributed by atoms with Gasteiger partial charge < -0.3 is 9.30 Å². The van der Waals surface area contributed by atoms with E-state index in [2.05, 4.69) is 0 Å². The molecule has 2 rings (SSSR count). The van der Waals surface area contributed by atoms with Gasteiger partial charge in [-0.1, -0.05) is 12.1 Å². The van der Waals surface area contributed by atoms with E-state index in [1.165, 1.54) is 12.1 Å². The van der Waals surface area contributed by atoms with Gasteiger partial charge in [0.05, 0.1) is 6.61 Å². The predicted octanol–water partition coefficient (Wildman–Crippen LogP) is 2.61. The first kappa shape index (κ1) is 13.5. The molecule has 0 unspecified atom stereocenters. The zero-order valence-electron chi connectivity index (χ0n) is 11.0. The third kappa shape index (κ3) is 3.09. The van der Waals surface area contributed by atoms with Crippen LogP contribution in [0.3, 0.4) is 0 Å². The summed E-state index contributed by atoms with van der Waals surface area (Å²) in [5.41, 5.74) is 1.94. The molecule has 0 N–H and O–H groups in total. The van der Waals surface area contributed by atoms with Crippen molar-refractivity contribution in [2.45, 2.75) is 13.5 Å². The van der Waals surface area contributed by atoms with Crippen molar-refractivity contribution in [3.05, 3.63) is 58.3 Å². The molecule has 4 heteroatoms. The fourth-order valence-electron chi connectivity index (χ4n) is 1.94. The van der Waals surface area contributed by atoms with Gasteiger partial charge in [-0.25, -0.2) is 4.39 Å². The molecule has 19 heavy (non-hydrogen) atoms. The van der Waals surface area contributed by atoms with Crippen LogP contribution in [0, 0.1) is 12.7 Å². The third-order valence-electron chi connectivity index (χ3n) is 2.97. The number of ether oxygens (including phenoxy) is 1.